The molecule has 4 unspecified atom stereocenters. The quantitative estimate of drug-likeness (QED) is 0.451. The number of rotatable bonds is 7. The molecule has 0 bridgehead atoms. The number of ketones is 1. The molecule has 0 aromatic carbocycles. The van der Waals surface area contributed by atoms with Crippen LogP contribution in [0.4, 0.5) is 0 Å². The molecule has 2 nitrogen and oxygen atoms in total. The summed E-state index contributed by atoms with van der Waals surface area (Å²) in [6.07, 6.45) is 8.82. The number of carbonyl (C=O) groups is 2. The largest absolute Gasteiger partial charge is 0.303 e. The Kier molecular flexibility index (Phi) is 7.70. The van der Waals surface area contributed by atoms with E-state index >= 15 is 0 Å². The molecular formula is C21H36O2. The van der Waals surface area contributed by atoms with Gasteiger partial charge < -0.3 is 4.79 Å². The van der Waals surface area contributed by atoms with Crippen molar-refractivity contribution in [2.24, 2.45) is 29.1 Å². The summed E-state index contributed by atoms with van der Waals surface area (Å²) in [5, 5.41) is 0. The smallest absolute Gasteiger partial charge is 0.136 e. The van der Waals surface area contributed by atoms with E-state index in [2.05, 4.69) is 47.6 Å². The second kappa shape index (κ2) is 8.80. The number of aldehydes is 1. The summed E-state index contributed by atoms with van der Waals surface area (Å²) in [7, 11) is 0. The Hall–Kier alpha value is -0.920. The Bertz CT molecular complexity index is 424. The van der Waals surface area contributed by atoms with Gasteiger partial charge in [-0.3, -0.25) is 4.79 Å². The fraction of sp³-hybridized carbons (Fsp3) is 0.810. The molecule has 2 heteroatoms. The third-order valence-electron chi connectivity index (χ3n) is 5.63. The van der Waals surface area contributed by atoms with Gasteiger partial charge in [0.1, 0.15) is 12.1 Å². The molecule has 1 aliphatic rings. The zero-order valence-corrected chi connectivity index (χ0v) is 16.0. The molecule has 0 radical (unpaired) electrons. The lowest BCUT2D eigenvalue weighted by Gasteiger charge is -2.38. The van der Waals surface area contributed by atoms with Crippen LogP contribution in [0.3, 0.4) is 0 Å². The topological polar surface area (TPSA) is 34.1 Å². The maximum absolute atomic E-state index is 12.3. The maximum atomic E-state index is 12.3. The van der Waals surface area contributed by atoms with Crippen molar-refractivity contribution in [3.63, 3.8) is 0 Å². The molecule has 0 heterocycles. The Labute approximate surface area is 143 Å². The Balaban J connectivity index is 2.63. The van der Waals surface area contributed by atoms with E-state index in [9.17, 15) is 9.59 Å². The minimum Gasteiger partial charge on any atom is -0.303 e. The van der Waals surface area contributed by atoms with Crippen molar-refractivity contribution in [1.82, 2.24) is 0 Å². The van der Waals surface area contributed by atoms with Crippen LogP contribution in [0.25, 0.3) is 0 Å². The van der Waals surface area contributed by atoms with Gasteiger partial charge in [-0.2, -0.15) is 0 Å². The number of allylic oxidation sites excluding steroid dienone is 2. The summed E-state index contributed by atoms with van der Waals surface area (Å²) in [5.41, 5.74) is 1.58. The van der Waals surface area contributed by atoms with Crippen LogP contribution in [0.5, 0.6) is 0 Å². The lowest BCUT2D eigenvalue weighted by atomic mass is 9.66. The minimum atomic E-state index is 0.0215. The van der Waals surface area contributed by atoms with E-state index < -0.39 is 0 Å². The number of Topliss-reactive ketones (excluding diaryl/α,β-unsaturated/α-hetero) is 1. The van der Waals surface area contributed by atoms with Gasteiger partial charge in [-0.05, 0) is 63.2 Å². The lowest BCUT2D eigenvalue weighted by molar-refractivity contribution is -0.128. The first-order chi connectivity index (χ1) is 10.6. The predicted molar refractivity (Wildman–Crippen MR) is 97.3 cm³/mol. The van der Waals surface area contributed by atoms with E-state index in [1.54, 1.807) is 0 Å². The highest BCUT2D eigenvalue weighted by molar-refractivity contribution is 5.82. The molecule has 132 valence electrons. The van der Waals surface area contributed by atoms with Gasteiger partial charge in [0.05, 0.1) is 0 Å². The van der Waals surface area contributed by atoms with Crippen molar-refractivity contribution in [2.75, 3.05) is 0 Å². The average Bonchev–Trinajstić information content (AvgIpc) is 2.44. The molecule has 0 N–H and O–H groups in total. The predicted octanol–water partition coefficient (Wildman–Crippen LogP) is 5.61. The van der Waals surface area contributed by atoms with Gasteiger partial charge in [0, 0.05) is 18.3 Å². The van der Waals surface area contributed by atoms with Crippen LogP contribution < -0.4 is 0 Å². The molecule has 0 aromatic rings. The van der Waals surface area contributed by atoms with Crippen LogP contribution in [-0.2, 0) is 9.59 Å². The van der Waals surface area contributed by atoms with Crippen LogP contribution in [0.15, 0.2) is 11.6 Å². The molecule has 1 rings (SSSR count). The fourth-order valence-electron chi connectivity index (χ4n) is 3.73. The molecule has 0 amide bonds. The van der Waals surface area contributed by atoms with Crippen LogP contribution in [0.2, 0.25) is 0 Å². The second-order valence-electron chi connectivity index (χ2n) is 8.87. The molecule has 0 aliphatic heterocycles. The molecule has 1 saturated carbocycles. The highest BCUT2D eigenvalue weighted by Gasteiger charge is 2.36. The highest BCUT2D eigenvalue weighted by atomic mass is 16.1. The molecule has 23 heavy (non-hydrogen) atoms. The van der Waals surface area contributed by atoms with E-state index in [1.165, 1.54) is 5.57 Å². The van der Waals surface area contributed by atoms with Crippen molar-refractivity contribution in [1.29, 1.82) is 0 Å². The molecule has 0 aromatic heterocycles. The van der Waals surface area contributed by atoms with Gasteiger partial charge in [0.15, 0.2) is 0 Å². The van der Waals surface area contributed by atoms with Crippen molar-refractivity contribution in [2.45, 2.75) is 80.1 Å². The fourth-order valence-corrected chi connectivity index (χ4v) is 3.73. The molecular weight excluding hydrogens is 284 g/mol. The summed E-state index contributed by atoms with van der Waals surface area (Å²) in [6.45, 7) is 13.2. The lowest BCUT2D eigenvalue weighted by Crippen LogP contribution is -2.34. The third-order valence-corrected chi connectivity index (χ3v) is 5.63. The van der Waals surface area contributed by atoms with Crippen LogP contribution >= 0.6 is 0 Å². The summed E-state index contributed by atoms with van der Waals surface area (Å²) in [6, 6.07) is 0. The first-order valence-electron chi connectivity index (χ1n) is 9.26. The van der Waals surface area contributed by atoms with E-state index in [4.69, 9.17) is 0 Å². The van der Waals surface area contributed by atoms with E-state index in [0.717, 1.165) is 38.4 Å². The van der Waals surface area contributed by atoms with Crippen molar-refractivity contribution < 1.29 is 9.59 Å². The zero-order valence-electron chi connectivity index (χ0n) is 16.0. The van der Waals surface area contributed by atoms with Gasteiger partial charge in [0.2, 0.25) is 0 Å². The average molecular weight is 321 g/mol. The molecule has 0 saturated heterocycles. The van der Waals surface area contributed by atoms with Gasteiger partial charge in [-0.25, -0.2) is 0 Å². The van der Waals surface area contributed by atoms with Gasteiger partial charge in [-0.15, -0.1) is 0 Å². The normalized spacial score (nSPS) is 24.9. The van der Waals surface area contributed by atoms with Crippen molar-refractivity contribution in [3.8, 4) is 0 Å². The Morgan fingerprint density at radius 3 is 2.48 bits per heavy atom. The van der Waals surface area contributed by atoms with Gasteiger partial charge >= 0.3 is 0 Å². The van der Waals surface area contributed by atoms with Crippen LogP contribution in [-0.4, -0.2) is 12.1 Å². The minimum absolute atomic E-state index is 0.0215. The molecule has 0 spiro atoms. The highest BCUT2D eigenvalue weighted by Crippen LogP contribution is 2.41. The summed E-state index contributed by atoms with van der Waals surface area (Å²) >= 11 is 0. The standard InChI is InChI=1S/C21H36O2/c1-15(2)8-7-9-16(3)18(14-22)12-17-13-19(21(4,5)6)10-11-20(17)23/h8,14,16-19H,7,9-13H2,1-6H3. The summed E-state index contributed by atoms with van der Waals surface area (Å²) < 4.78 is 0. The van der Waals surface area contributed by atoms with Crippen molar-refractivity contribution >= 4 is 12.1 Å². The van der Waals surface area contributed by atoms with Gasteiger partial charge in [0.25, 0.3) is 0 Å². The second-order valence-corrected chi connectivity index (χ2v) is 8.87. The Morgan fingerprint density at radius 2 is 1.96 bits per heavy atom. The van der Waals surface area contributed by atoms with E-state index in [-0.39, 0.29) is 17.3 Å². The van der Waals surface area contributed by atoms with Crippen molar-refractivity contribution in [3.05, 3.63) is 11.6 Å². The molecule has 1 fully saturated rings. The maximum Gasteiger partial charge on any atom is 0.136 e. The van der Waals surface area contributed by atoms with Crippen LogP contribution in [0.1, 0.15) is 80.1 Å². The van der Waals surface area contributed by atoms with Crippen LogP contribution in [0, 0.1) is 29.1 Å². The Morgan fingerprint density at radius 1 is 1.30 bits per heavy atom. The van der Waals surface area contributed by atoms with E-state index in [0.29, 0.717) is 24.0 Å². The SMILES string of the molecule is CC(C)=CCCC(C)C(C=O)CC1CC(C(C)(C)C)CCC1=O. The zero-order chi connectivity index (χ0) is 17.6. The number of hydrogen-bond donors (Lipinski definition) is 0. The molecule has 1 aliphatic carbocycles. The third kappa shape index (κ3) is 6.61. The monoisotopic (exact) mass is 320 g/mol. The summed E-state index contributed by atoms with van der Waals surface area (Å²) in [5.74, 6) is 1.44. The van der Waals surface area contributed by atoms with E-state index in [1.807, 2.05) is 0 Å². The number of carbonyl (C=O) groups excluding carboxylic acids is 2. The van der Waals surface area contributed by atoms with Gasteiger partial charge in [-0.1, -0.05) is 39.3 Å². The number of hydrogen-bond acceptors (Lipinski definition) is 2. The summed E-state index contributed by atoms with van der Waals surface area (Å²) in [4.78, 5) is 23.9. The first-order valence-corrected chi connectivity index (χ1v) is 9.26. The molecule has 4 atom stereocenters. The first kappa shape index (κ1) is 20.1.